The molecule has 1 aliphatic carbocycles. The van der Waals surface area contributed by atoms with Gasteiger partial charge >= 0.3 is 0 Å². The molecule has 0 aliphatic heterocycles. The summed E-state index contributed by atoms with van der Waals surface area (Å²) in [4.78, 5) is 1.62. The van der Waals surface area contributed by atoms with Crippen molar-refractivity contribution in [2.45, 2.75) is 44.6 Å². The van der Waals surface area contributed by atoms with Gasteiger partial charge in [-0.1, -0.05) is 37.3 Å². The Labute approximate surface area is 126 Å². The highest BCUT2D eigenvalue weighted by atomic mass is 32.1. The lowest BCUT2D eigenvalue weighted by molar-refractivity contribution is 0.398. The number of aryl methyl sites for hydroxylation is 1. The van der Waals surface area contributed by atoms with E-state index in [0.717, 1.165) is 13.0 Å². The number of fused-ring (bicyclic) bond motifs is 1. The van der Waals surface area contributed by atoms with E-state index in [1.165, 1.54) is 24.8 Å². The van der Waals surface area contributed by atoms with E-state index in [4.69, 9.17) is 0 Å². The predicted molar refractivity (Wildman–Crippen MR) is 87.6 cm³/mol. The summed E-state index contributed by atoms with van der Waals surface area (Å²) < 4.78 is 0. The predicted octanol–water partition coefficient (Wildman–Crippen LogP) is 4.39. The quantitative estimate of drug-likeness (QED) is 0.859. The minimum absolute atomic E-state index is 0.566. The molecule has 3 rings (SSSR count). The third-order valence-corrected chi connectivity index (χ3v) is 5.35. The van der Waals surface area contributed by atoms with Gasteiger partial charge in [-0.3, -0.25) is 0 Å². The van der Waals surface area contributed by atoms with Gasteiger partial charge in [0.05, 0.1) is 0 Å². The Morgan fingerprint density at radius 1 is 1.25 bits per heavy atom. The molecule has 0 spiro atoms. The van der Waals surface area contributed by atoms with E-state index in [9.17, 15) is 0 Å². The van der Waals surface area contributed by atoms with E-state index in [2.05, 4.69) is 54.0 Å². The Balaban J connectivity index is 1.81. The minimum atomic E-state index is 0.566. The van der Waals surface area contributed by atoms with Crippen LogP contribution in [0.4, 0.5) is 0 Å². The van der Waals surface area contributed by atoms with Crippen LogP contribution in [-0.4, -0.2) is 12.6 Å². The zero-order valence-corrected chi connectivity index (χ0v) is 13.0. The summed E-state index contributed by atoms with van der Waals surface area (Å²) in [5.41, 5.74) is 3.06. The second-order valence-electron chi connectivity index (χ2n) is 5.65. The van der Waals surface area contributed by atoms with Crippen LogP contribution in [0.3, 0.4) is 0 Å². The fraction of sp³-hybridized carbons (Fsp3) is 0.444. The molecule has 1 aromatic carbocycles. The van der Waals surface area contributed by atoms with Crippen LogP contribution in [0.1, 0.15) is 41.7 Å². The monoisotopic (exact) mass is 285 g/mol. The van der Waals surface area contributed by atoms with Crippen molar-refractivity contribution in [2.24, 2.45) is 0 Å². The van der Waals surface area contributed by atoms with Gasteiger partial charge in [0.25, 0.3) is 0 Å². The summed E-state index contributed by atoms with van der Waals surface area (Å²) >= 11 is 1.94. The van der Waals surface area contributed by atoms with E-state index < -0.39 is 0 Å². The zero-order valence-electron chi connectivity index (χ0n) is 12.1. The molecule has 1 nitrogen and oxygen atoms in total. The highest BCUT2D eigenvalue weighted by Crippen LogP contribution is 2.37. The molecule has 2 heteroatoms. The van der Waals surface area contributed by atoms with Crippen molar-refractivity contribution >= 4 is 11.3 Å². The van der Waals surface area contributed by atoms with E-state index in [-0.39, 0.29) is 0 Å². The summed E-state index contributed by atoms with van der Waals surface area (Å²) in [5, 5.41) is 6.01. The van der Waals surface area contributed by atoms with Crippen molar-refractivity contribution in [1.82, 2.24) is 5.32 Å². The Kier molecular flexibility index (Phi) is 4.54. The largest absolute Gasteiger partial charge is 0.313 e. The third-order valence-electron chi connectivity index (χ3n) is 4.35. The minimum Gasteiger partial charge on any atom is -0.313 e. The van der Waals surface area contributed by atoms with Crippen molar-refractivity contribution in [3.63, 3.8) is 0 Å². The number of likely N-dealkylation sites (N-methyl/N-ethyl adjacent to an activating group) is 1. The van der Waals surface area contributed by atoms with Crippen LogP contribution in [0.5, 0.6) is 0 Å². The smallest absolute Gasteiger partial charge is 0.0176 e. The second-order valence-corrected chi connectivity index (χ2v) is 6.65. The maximum absolute atomic E-state index is 3.74. The first-order valence-electron chi connectivity index (χ1n) is 7.72. The van der Waals surface area contributed by atoms with Crippen LogP contribution in [0, 0.1) is 0 Å². The molecule has 0 amide bonds. The molecular weight excluding hydrogens is 262 g/mol. The van der Waals surface area contributed by atoms with Gasteiger partial charge in [-0.2, -0.15) is 0 Å². The fourth-order valence-electron chi connectivity index (χ4n) is 3.43. The number of thiophene rings is 1. The van der Waals surface area contributed by atoms with Gasteiger partial charge in [-0.15, -0.1) is 11.3 Å². The van der Waals surface area contributed by atoms with Crippen LogP contribution in [0.25, 0.3) is 0 Å². The van der Waals surface area contributed by atoms with E-state index in [1.807, 2.05) is 11.3 Å². The highest BCUT2D eigenvalue weighted by molar-refractivity contribution is 7.10. The molecule has 2 unspecified atom stereocenters. The molecule has 1 aromatic heterocycles. The Hall–Kier alpha value is -1.12. The molecule has 0 saturated carbocycles. The number of benzene rings is 1. The summed E-state index contributed by atoms with van der Waals surface area (Å²) in [6.07, 6.45) is 5.09. The standard InChI is InChI=1S/C18H23NS/c1-2-19-17(13-14-7-4-3-5-8-14)15-9-6-10-18-16(15)11-12-20-18/h3-5,7-8,11-12,15,17,19H,2,6,9-10,13H2,1H3. The Morgan fingerprint density at radius 3 is 2.90 bits per heavy atom. The van der Waals surface area contributed by atoms with Gasteiger partial charge in [0.1, 0.15) is 0 Å². The number of nitrogens with one attached hydrogen (secondary N) is 1. The third kappa shape index (κ3) is 2.97. The average molecular weight is 285 g/mol. The number of hydrogen-bond acceptors (Lipinski definition) is 2. The van der Waals surface area contributed by atoms with Crippen molar-refractivity contribution in [3.8, 4) is 0 Å². The molecule has 106 valence electrons. The molecule has 0 radical (unpaired) electrons. The Morgan fingerprint density at radius 2 is 2.10 bits per heavy atom. The summed E-state index contributed by atoms with van der Waals surface area (Å²) in [6, 6.07) is 13.8. The molecule has 1 N–H and O–H groups in total. The van der Waals surface area contributed by atoms with E-state index >= 15 is 0 Å². The molecule has 20 heavy (non-hydrogen) atoms. The fourth-order valence-corrected chi connectivity index (χ4v) is 4.42. The highest BCUT2D eigenvalue weighted by Gasteiger charge is 2.28. The lowest BCUT2D eigenvalue weighted by atomic mass is 9.80. The number of rotatable bonds is 5. The molecule has 0 fully saturated rings. The molecule has 1 heterocycles. The Bertz CT molecular complexity index is 531. The average Bonchev–Trinajstić information content (AvgIpc) is 2.96. The molecule has 0 saturated heterocycles. The van der Waals surface area contributed by atoms with Crippen LogP contribution in [0.2, 0.25) is 0 Å². The van der Waals surface area contributed by atoms with Crippen LogP contribution in [-0.2, 0) is 12.8 Å². The molecule has 2 atom stereocenters. The maximum atomic E-state index is 3.74. The topological polar surface area (TPSA) is 12.0 Å². The zero-order chi connectivity index (χ0) is 13.8. The van der Waals surface area contributed by atoms with Crippen LogP contribution >= 0.6 is 11.3 Å². The van der Waals surface area contributed by atoms with Crippen LogP contribution in [0.15, 0.2) is 41.8 Å². The molecular formula is C18H23NS. The first-order chi connectivity index (χ1) is 9.88. The maximum Gasteiger partial charge on any atom is 0.0176 e. The number of hydrogen-bond donors (Lipinski definition) is 1. The van der Waals surface area contributed by atoms with Crippen molar-refractivity contribution in [2.75, 3.05) is 6.54 Å². The van der Waals surface area contributed by atoms with Gasteiger partial charge in [0.15, 0.2) is 0 Å². The molecule has 1 aliphatic rings. The van der Waals surface area contributed by atoms with Gasteiger partial charge in [-0.05, 0) is 54.8 Å². The first kappa shape index (κ1) is 13.8. The van der Waals surface area contributed by atoms with Gasteiger partial charge in [-0.25, -0.2) is 0 Å². The van der Waals surface area contributed by atoms with Crippen molar-refractivity contribution in [1.29, 1.82) is 0 Å². The van der Waals surface area contributed by atoms with Crippen molar-refractivity contribution < 1.29 is 0 Å². The lowest BCUT2D eigenvalue weighted by Crippen LogP contribution is -2.37. The second kappa shape index (κ2) is 6.55. The van der Waals surface area contributed by atoms with E-state index in [0.29, 0.717) is 12.0 Å². The normalized spacial score (nSPS) is 19.6. The van der Waals surface area contributed by atoms with Gasteiger partial charge < -0.3 is 5.32 Å². The van der Waals surface area contributed by atoms with Gasteiger partial charge in [0.2, 0.25) is 0 Å². The van der Waals surface area contributed by atoms with Crippen LogP contribution < -0.4 is 5.32 Å². The summed E-state index contributed by atoms with van der Waals surface area (Å²) in [5.74, 6) is 0.685. The SMILES string of the molecule is CCNC(Cc1ccccc1)C1CCCc2sccc21. The van der Waals surface area contributed by atoms with Gasteiger partial charge in [0, 0.05) is 16.8 Å². The lowest BCUT2D eigenvalue weighted by Gasteiger charge is -2.31. The molecule has 0 bridgehead atoms. The summed E-state index contributed by atoms with van der Waals surface area (Å²) in [6.45, 7) is 3.27. The van der Waals surface area contributed by atoms with E-state index in [1.54, 1.807) is 10.4 Å². The van der Waals surface area contributed by atoms with Crippen molar-refractivity contribution in [3.05, 3.63) is 57.8 Å². The summed E-state index contributed by atoms with van der Waals surface area (Å²) in [7, 11) is 0. The molecule has 2 aromatic rings. The first-order valence-corrected chi connectivity index (χ1v) is 8.60.